The van der Waals surface area contributed by atoms with Crippen LogP contribution in [0.4, 0.5) is 11.4 Å². The van der Waals surface area contributed by atoms with Gasteiger partial charge in [-0.25, -0.2) is 0 Å². The molecule has 0 unspecified atom stereocenters. The van der Waals surface area contributed by atoms with Crippen molar-refractivity contribution >= 4 is 43.5 Å². The Balaban J connectivity index is 0.000000275. The summed E-state index contributed by atoms with van der Waals surface area (Å²) in [6.45, 7) is 17.7. The Hall–Kier alpha value is -2.76. The van der Waals surface area contributed by atoms with E-state index in [0.717, 1.165) is 22.8 Å². The zero-order chi connectivity index (χ0) is 31.8. The number of benzene rings is 2. The third-order valence-corrected chi connectivity index (χ3v) is 6.71. The summed E-state index contributed by atoms with van der Waals surface area (Å²) >= 11 is -0.368. The second-order valence-corrected chi connectivity index (χ2v) is 13.6. The van der Waals surface area contributed by atoms with Crippen LogP contribution in [0.15, 0.2) is 95.2 Å². The van der Waals surface area contributed by atoms with Gasteiger partial charge >= 0.3 is 34.1 Å². The monoisotopic (exact) mass is 653 g/mol. The van der Waals surface area contributed by atoms with Crippen LogP contribution in [0.1, 0.15) is 113 Å². The van der Waals surface area contributed by atoms with Crippen molar-refractivity contribution in [2.75, 3.05) is 0 Å². The molecule has 0 bridgehead atoms. The van der Waals surface area contributed by atoms with Crippen LogP contribution in [0, 0.1) is 0 Å². The predicted octanol–water partition coefficient (Wildman–Crippen LogP) is 11.5. The first-order valence-electron chi connectivity index (χ1n) is 14.7. The summed E-state index contributed by atoms with van der Waals surface area (Å²) in [5.41, 5.74) is 9.16. The number of halogens is 2. The van der Waals surface area contributed by atoms with Gasteiger partial charge in [0, 0.05) is 12.4 Å². The van der Waals surface area contributed by atoms with Crippen LogP contribution in [0.5, 0.6) is 0 Å². The fourth-order valence-electron chi connectivity index (χ4n) is 4.49. The number of hydrogen-bond acceptors (Lipinski definition) is 4. The van der Waals surface area contributed by atoms with E-state index >= 15 is 0 Å². The molecule has 0 aliphatic heterocycles. The van der Waals surface area contributed by atoms with E-state index in [4.69, 9.17) is 29.7 Å². The molecule has 2 aromatic heterocycles. The van der Waals surface area contributed by atoms with Crippen molar-refractivity contribution in [2.24, 2.45) is 9.98 Å². The molecule has 2 aromatic carbocycles. The molecule has 0 aliphatic carbocycles. The van der Waals surface area contributed by atoms with Crippen molar-refractivity contribution in [1.29, 1.82) is 0 Å². The summed E-state index contributed by atoms with van der Waals surface area (Å²) in [5.74, 6) is 1.85. The number of para-hydroxylation sites is 2. The third kappa shape index (κ3) is 12.0. The maximum atomic E-state index is 4.86. The van der Waals surface area contributed by atoms with E-state index in [1.165, 1.54) is 22.3 Å². The van der Waals surface area contributed by atoms with Crippen LogP contribution >= 0.6 is 19.7 Å². The van der Waals surface area contributed by atoms with Gasteiger partial charge in [0.15, 0.2) is 0 Å². The molecule has 7 heteroatoms. The second-order valence-electron chi connectivity index (χ2n) is 11.3. The molecule has 43 heavy (non-hydrogen) atoms. The Morgan fingerprint density at radius 1 is 0.512 bits per heavy atom. The van der Waals surface area contributed by atoms with Crippen molar-refractivity contribution in [3.63, 3.8) is 0 Å². The number of rotatable bonds is 8. The first-order chi connectivity index (χ1) is 20.6. The van der Waals surface area contributed by atoms with Gasteiger partial charge in [0.25, 0.3) is 0 Å². The molecular weight excluding hydrogens is 610 g/mol. The van der Waals surface area contributed by atoms with Crippen LogP contribution in [-0.4, -0.2) is 22.4 Å². The van der Waals surface area contributed by atoms with Gasteiger partial charge in [-0.1, -0.05) is 104 Å². The number of nitrogens with zero attached hydrogens (tertiary/aromatic N) is 4. The van der Waals surface area contributed by atoms with E-state index < -0.39 is 0 Å². The van der Waals surface area contributed by atoms with Crippen molar-refractivity contribution in [2.45, 2.75) is 79.1 Å². The molecule has 0 aliphatic rings. The minimum absolute atomic E-state index is 0.368. The number of aliphatic imine (C=N–C) groups is 2. The summed E-state index contributed by atoms with van der Waals surface area (Å²) in [6, 6.07) is 24.7. The molecule has 0 spiro atoms. The third-order valence-electron chi connectivity index (χ3n) is 6.71. The molecule has 0 saturated heterocycles. The number of pyridine rings is 2. The van der Waals surface area contributed by atoms with E-state index in [1.54, 1.807) is 12.4 Å². The first-order valence-corrected chi connectivity index (χ1v) is 18.5. The molecule has 4 nitrogen and oxygen atoms in total. The number of aromatic nitrogens is 2. The zero-order valence-electron chi connectivity index (χ0n) is 26.5. The fraction of sp³-hybridized carbons (Fsp3) is 0.333. The van der Waals surface area contributed by atoms with Crippen molar-refractivity contribution in [3.05, 3.63) is 119 Å². The van der Waals surface area contributed by atoms with Crippen molar-refractivity contribution in [3.8, 4) is 0 Å². The van der Waals surface area contributed by atoms with Crippen LogP contribution in [0.3, 0.4) is 0 Å². The topological polar surface area (TPSA) is 50.5 Å². The van der Waals surface area contributed by atoms with E-state index in [9.17, 15) is 0 Å². The molecule has 0 N–H and O–H groups in total. The molecule has 0 atom stereocenters. The normalized spacial score (nSPS) is 11.2. The molecule has 0 radical (unpaired) electrons. The van der Waals surface area contributed by atoms with Gasteiger partial charge in [-0.15, -0.1) is 0 Å². The Bertz CT molecular complexity index is 1260. The molecule has 227 valence electrons. The van der Waals surface area contributed by atoms with Gasteiger partial charge in [0.2, 0.25) is 0 Å². The van der Waals surface area contributed by atoms with Crippen molar-refractivity contribution in [1.82, 2.24) is 9.97 Å². The van der Waals surface area contributed by atoms with Gasteiger partial charge < -0.3 is 0 Å². The van der Waals surface area contributed by atoms with Crippen LogP contribution in [-0.2, 0) is 14.4 Å². The van der Waals surface area contributed by atoms with Crippen LogP contribution < -0.4 is 0 Å². The Morgan fingerprint density at radius 3 is 1.05 bits per heavy atom. The minimum atomic E-state index is -0.368. The quantitative estimate of drug-likeness (QED) is 0.178. The SMILES string of the molecule is CC(C)c1cccc(C(C)C)c1N=Cc1ccccn1.CC(C)c1cccc(C(C)C)c1N=Cc1ccccn1.[Cl][V][Cl]. The standard InChI is InChI=1S/2C18H22N2.2ClH.V/c2*1-13(2)16-9-7-10-17(14(3)4)18(16)20-12-15-8-5-6-11-19-15;;;/h2*5-14H,1-4H3;2*1H;/q;;;;+2/p-2. The summed E-state index contributed by atoms with van der Waals surface area (Å²) in [4.78, 5) is 18.0. The summed E-state index contributed by atoms with van der Waals surface area (Å²) in [5, 5.41) is 0. The average molecular weight is 655 g/mol. The fourth-order valence-corrected chi connectivity index (χ4v) is 4.49. The first kappa shape index (κ1) is 36.4. The Kier molecular flexibility index (Phi) is 16.5. The molecule has 0 saturated carbocycles. The zero-order valence-corrected chi connectivity index (χ0v) is 29.4. The molecule has 2 heterocycles. The van der Waals surface area contributed by atoms with Crippen molar-refractivity contribution < 1.29 is 14.4 Å². The van der Waals surface area contributed by atoms with Gasteiger partial charge in [-0.2, -0.15) is 0 Å². The molecule has 0 fully saturated rings. The van der Waals surface area contributed by atoms with E-state index in [1.807, 2.05) is 48.8 Å². The molecule has 4 rings (SSSR count). The van der Waals surface area contributed by atoms with Gasteiger partial charge in [-0.05, 0) is 70.2 Å². The van der Waals surface area contributed by atoms with Gasteiger partial charge in [0.05, 0.1) is 35.2 Å². The molecule has 0 amide bonds. The Morgan fingerprint density at radius 2 is 0.814 bits per heavy atom. The van der Waals surface area contributed by atoms with E-state index in [-0.39, 0.29) is 14.4 Å². The number of hydrogen-bond donors (Lipinski definition) is 0. The van der Waals surface area contributed by atoms with Crippen LogP contribution in [0.25, 0.3) is 0 Å². The molecular formula is C36H44Cl2N4V. The van der Waals surface area contributed by atoms with Gasteiger partial charge in [0.1, 0.15) is 0 Å². The van der Waals surface area contributed by atoms with E-state index in [2.05, 4.69) is 102 Å². The summed E-state index contributed by atoms with van der Waals surface area (Å²) in [6.07, 6.45) is 7.29. The predicted molar refractivity (Wildman–Crippen MR) is 184 cm³/mol. The average Bonchev–Trinajstić information content (AvgIpc) is 3.00. The maximum absolute atomic E-state index is 4.86. The summed E-state index contributed by atoms with van der Waals surface area (Å²) in [7, 11) is 9.72. The molecule has 4 aromatic rings. The van der Waals surface area contributed by atoms with Crippen LogP contribution in [0.2, 0.25) is 0 Å². The summed E-state index contributed by atoms with van der Waals surface area (Å²) < 4.78 is 0. The van der Waals surface area contributed by atoms with Gasteiger partial charge in [-0.3, -0.25) is 20.0 Å². The Labute approximate surface area is 274 Å². The van der Waals surface area contributed by atoms with E-state index in [0.29, 0.717) is 23.7 Å². The second kappa shape index (κ2) is 19.5.